The van der Waals surface area contributed by atoms with E-state index >= 15 is 0 Å². The van der Waals surface area contributed by atoms with Gasteiger partial charge in [0.05, 0.1) is 27.0 Å². The summed E-state index contributed by atoms with van der Waals surface area (Å²) in [6, 6.07) is 16.8. The first-order chi connectivity index (χ1) is 17.0. The summed E-state index contributed by atoms with van der Waals surface area (Å²) >= 11 is 0. The Balaban J connectivity index is 1.64. The van der Waals surface area contributed by atoms with Gasteiger partial charge in [0.2, 0.25) is 6.79 Å². The minimum absolute atomic E-state index is 0.0163. The molecular formula is C26H24N2O7. The van der Waals surface area contributed by atoms with Crippen molar-refractivity contribution in [3.8, 4) is 28.7 Å². The van der Waals surface area contributed by atoms with Crippen molar-refractivity contribution in [1.29, 1.82) is 0 Å². The van der Waals surface area contributed by atoms with E-state index in [0.717, 1.165) is 0 Å². The largest absolute Gasteiger partial charge is 0.497 e. The molecule has 3 aromatic carbocycles. The number of carbonyl (C=O) groups excluding carboxylic acids is 2. The molecule has 0 spiro atoms. The third kappa shape index (κ3) is 5.47. The second-order valence-electron chi connectivity index (χ2n) is 7.37. The second-order valence-corrected chi connectivity index (χ2v) is 7.37. The lowest BCUT2D eigenvalue weighted by Gasteiger charge is -2.14. The van der Waals surface area contributed by atoms with Crippen molar-refractivity contribution in [3.63, 3.8) is 0 Å². The van der Waals surface area contributed by atoms with Crippen LogP contribution in [0.5, 0.6) is 28.7 Å². The molecule has 0 atom stereocenters. The monoisotopic (exact) mass is 476 g/mol. The van der Waals surface area contributed by atoms with Gasteiger partial charge >= 0.3 is 0 Å². The lowest BCUT2D eigenvalue weighted by Crippen LogP contribution is -2.30. The third-order valence-electron chi connectivity index (χ3n) is 5.21. The molecule has 0 aromatic heterocycles. The summed E-state index contributed by atoms with van der Waals surface area (Å²) in [7, 11) is 4.56. The maximum absolute atomic E-state index is 13.3. The third-order valence-corrected chi connectivity index (χ3v) is 5.21. The fourth-order valence-electron chi connectivity index (χ4n) is 3.36. The molecule has 9 heteroatoms. The van der Waals surface area contributed by atoms with E-state index in [9.17, 15) is 9.59 Å². The molecule has 35 heavy (non-hydrogen) atoms. The number of amides is 2. The lowest BCUT2D eigenvalue weighted by atomic mass is 10.1. The summed E-state index contributed by atoms with van der Waals surface area (Å²) in [6.45, 7) is 0.126. The molecule has 0 saturated heterocycles. The van der Waals surface area contributed by atoms with Gasteiger partial charge in [0, 0.05) is 11.6 Å². The van der Waals surface area contributed by atoms with Gasteiger partial charge in [0.1, 0.15) is 22.9 Å². The van der Waals surface area contributed by atoms with E-state index in [4.69, 9.17) is 23.7 Å². The molecule has 0 unspecified atom stereocenters. The molecule has 0 fully saturated rings. The molecule has 180 valence electrons. The van der Waals surface area contributed by atoms with Crippen molar-refractivity contribution in [1.82, 2.24) is 5.32 Å². The Hall–Kier alpha value is -4.66. The zero-order chi connectivity index (χ0) is 24.8. The Morgan fingerprint density at radius 2 is 1.54 bits per heavy atom. The van der Waals surface area contributed by atoms with Gasteiger partial charge in [-0.1, -0.05) is 6.07 Å². The van der Waals surface area contributed by atoms with E-state index in [0.29, 0.717) is 45.6 Å². The van der Waals surface area contributed by atoms with Gasteiger partial charge in [0.25, 0.3) is 11.8 Å². The molecule has 2 amide bonds. The minimum atomic E-state index is -0.548. The van der Waals surface area contributed by atoms with Crippen LogP contribution in [0, 0.1) is 0 Å². The summed E-state index contributed by atoms with van der Waals surface area (Å²) in [5.74, 6) is 1.74. The second kappa shape index (κ2) is 10.5. The average Bonchev–Trinajstić information content (AvgIpc) is 3.36. The summed E-state index contributed by atoms with van der Waals surface area (Å²) in [6.07, 6.45) is 1.55. The quantitative estimate of drug-likeness (QED) is 0.476. The van der Waals surface area contributed by atoms with Crippen LogP contribution < -0.4 is 34.3 Å². The minimum Gasteiger partial charge on any atom is -0.497 e. The Kier molecular flexibility index (Phi) is 7.06. The number of hydrogen-bond acceptors (Lipinski definition) is 7. The van der Waals surface area contributed by atoms with Gasteiger partial charge in [-0.2, -0.15) is 0 Å². The Morgan fingerprint density at radius 1 is 0.829 bits per heavy atom. The first-order valence-electron chi connectivity index (χ1n) is 10.6. The Bertz CT molecular complexity index is 1270. The Morgan fingerprint density at radius 3 is 2.26 bits per heavy atom. The first-order valence-corrected chi connectivity index (χ1v) is 10.6. The highest BCUT2D eigenvalue weighted by Crippen LogP contribution is 2.33. The molecule has 0 radical (unpaired) electrons. The number of ether oxygens (including phenoxy) is 5. The van der Waals surface area contributed by atoms with Crippen molar-refractivity contribution < 1.29 is 33.3 Å². The van der Waals surface area contributed by atoms with Gasteiger partial charge in [-0.3, -0.25) is 9.59 Å². The van der Waals surface area contributed by atoms with Crippen LogP contribution in [0.25, 0.3) is 6.08 Å². The standard InChI is InChI=1S/C26H24N2O7/c1-31-18-7-5-17(6-8-18)25(29)28-21(12-16-4-11-22-24(13-16)35-15-34-22)26(30)27-20-10-9-19(32-2)14-23(20)33-3/h4-14H,15H2,1-3H3,(H,27,30)(H,28,29)/b21-12-. The van der Waals surface area contributed by atoms with Crippen LogP contribution in [0.4, 0.5) is 5.69 Å². The molecule has 9 nitrogen and oxygen atoms in total. The van der Waals surface area contributed by atoms with Crippen molar-refractivity contribution >= 4 is 23.6 Å². The topological polar surface area (TPSA) is 104 Å². The van der Waals surface area contributed by atoms with E-state index < -0.39 is 11.8 Å². The summed E-state index contributed by atoms with van der Waals surface area (Å²) < 4.78 is 26.5. The van der Waals surface area contributed by atoms with E-state index in [2.05, 4.69) is 10.6 Å². The Labute approximate surface area is 202 Å². The molecular weight excluding hydrogens is 452 g/mol. The number of hydrogen-bond donors (Lipinski definition) is 2. The van der Waals surface area contributed by atoms with Gasteiger partial charge in [0.15, 0.2) is 11.5 Å². The summed E-state index contributed by atoms with van der Waals surface area (Å²) in [5, 5.41) is 5.48. The predicted octanol–water partition coefficient (Wildman–Crippen LogP) is 3.85. The highest BCUT2D eigenvalue weighted by atomic mass is 16.7. The van der Waals surface area contributed by atoms with Gasteiger partial charge in [-0.05, 0) is 60.2 Å². The molecule has 2 N–H and O–H groups in total. The summed E-state index contributed by atoms with van der Waals surface area (Å²) in [5.41, 5.74) is 1.42. The van der Waals surface area contributed by atoms with Gasteiger partial charge in [-0.25, -0.2) is 0 Å². The molecule has 4 rings (SSSR count). The van der Waals surface area contributed by atoms with Crippen LogP contribution in [-0.2, 0) is 4.79 Å². The normalized spacial score (nSPS) is 12.0. The molecule has 3 aromatic rings. The molecule has 1 aliphatic rings. The lowest BCUT2D eigenvalue weighted by molar-refractivity contribution is -0.113. The van der Waals surface area contributed by atoms with Crippen LogP contribution in [0.1, 0.15) is 15.9 Å². The van der Waals surface area contributed by atoms with E-state index in [1.165, 1.54) is 14.2 Å². The van der Waals surface area contributed by atoms with E-state index in [-0.39, 0.29) is 12.5 Å². The first kappa shape index (κ1) is 23.5. The van der Waals surface area contributed by atoms with Gasteiger partial charge in [-0.15, -0.1) is 0 Å². The van der Waals surface area contributed by atoms with Crippen LogP contribution in [0.2, 0.25) is 0 Å². The van der Waals surface area contributed by atoms with Crippen molar-refractivity contribution in [3.05, 3.63) is 77.5 Å². The van der Waals surface area contributed by atoms with Crippen LogP contribution >= 0.6 is 0 Å². The number of methoxy groups -OCH3 is 3. The highest BCUT2D eigenvalue weighted by molar-refractivity contribution is 6.11. The smallest absolute Gasteiger partial charge is 0.272 e. The molecule has 0 saturated carbocycles. The summed E-state index contributed by atoms with van der Waals surface area (Å²) in [4.78, 5) is 26.2. The number of fused-ring (bicyclic) bond motifs is 1. The molecule has 0 bridgehead atoms. The highest BCUT2D eigenvalue weighted by Gasteiger charge is 2.19. The molecule has 1 aliphatic heterocycles. The van der Waals surface area contributed by atoms with Gasteiger partial charge < -0.3 is 34.3 Å². The number of nitrogens with one attached hydrogen (secondary N) is 2. The maximum Gasteiger partial charge on any atom is 0.272 e. The average molecular weight is 476 g/mol. The van der Waals surface area contributed by atoms with Crippen LogP contribution in [-0.4, -0.2) is 39.9 Å². The SMILES string of the molecule is COc1ccc(C(=O)N/C(=C\c2ccc3c(c2)OCO3)C(=O)Nc2ccc(OC)cc2OC)cc1. The fourth-order valence-corrected chi connectivity index (χ4v) is 3.36. The van der Waals surface area contributed by atoms with Crippen LogP contribution in [0.15, 0.2) is 66.4 Å². The van der Waals surface area contributed by atoms with E-state index in [1.807, 2.05) is 0 Å². The molecule has 0 aliphatic carbocycles. The number of benzene rings is 3. The van der Waals surface area contributed by atoms with Crippen molar-refractivity contribution in [2.24, 2.45) is 0 Å². The molecule has 1 heterocycles. The number of anilines is 1. The maximum atomic E-state index is 13.3. The van der Waals surface area contributed by atoms with Crippen molar-refractivity contribution in [2.45, 2.75) is 0 Å². The number of carbonyl (C=O) groups is 2. The predicted molar refractivity (Wildman–Crippen MR) is 129 cm³/mol. The van der Waals surface area contributed by atoms with E-state index in [1.54, 1.807) is 73.8 Å². The number of rotatable bonds is 8. The van der Waals surface area contributed by atoms with Crippen molar-refractivity contribution in [2.75, 3.05) is 33.4 Å². The van der Waals surface area contributed by atoms with Crippen LogP contribution in [0.3, 0.4) is 0 Å². The fraction of sp³-hybridized carbons (Fsp3) is 0.154. The zero-order valence-corrected chi connectivity index (χ0v) is 19.4. The zero-order valence-electron chi connectivity index (χ0n) is 19.4.